The molecule has 2 rings (SSSR count). The van der Waals surface area contributed by atoms with Crippen LogP contribution >= 0.6 is 0 Å². The predicted molar refractivity (Wildman–Crippen MR) is 98.5 cm³/mol. The van der Waals surface area contributed by atoms with Crippen LogP contribution in [-0.4, -0.2) is 23.9 Å². The van der Waals surface area contributed by atoms with Crippen molar-refractivity contribution in [1.82, 2.24) is 0 Å². The normalized spacial score (nSPS) is 15.5. The maximum absolute atomic E-state index is 11.9. The third kappa shape index (κ3) is 3.32. The van der Waals surface area contributed by atoms with Gasteiger partial charge in [0.25, 0.3) is 5.69 Å². The van der Waals surface area contributed by atoms with Gasteiger partial charge in [-0.1, -0.05) is 26.7 Å². The van der Waals surface area contributed by atoms with Crippen LogP contribution < -0.4 is 4.90 Å². The monoisotopic (exact) mass is 349 g/mol. The highest BCUT2D eigenvalue weighted by Crippen LogP contribution is 2.51. The fourth-order valence-electron chi connectivity index (χ4n) is 4.53. The van der Waals surface area contributed by atoms with E-state index in [1.807, 2.05) is 0 Å². The zero-order valence-corrected chi connectivity index (χ0v) is 15.5. The van der Waals surface area contributed by atoms with Crippen molar-refractivity contribution in [3.63, 3.8) is 0 Å². The highest BCUT2D eigenvalue weighted by Gasteiger charge is 2.42. The molecule has 1 aromatic carbocycles. The molecule has 0 fully saturated rings. The Kier molecular flexibility index (Phi) is 5.65. The predicted octanol–water partition coefficient (Wildman–Crippen LogP) is 4.74. The van der Waals surface area contributed by atoms with Gasteiger partial charge in [0.15, 0.2) is 5.69 Å². The lowest BCUT2D eigenvalue weighted by molar-refractivity contribution is -0.393. The van der Waals surface area contributed by atoms with Gasteiger partial charge in [0, 0.05) is 25.7 Å². The Morgan fingerprint density at radius 2 is 1.72 bits per heavy atom. The highest BCUT2D eigenvalue weighted by atomic mass is 16.6. The third-order valence-electron chi connectivity index (χ3n) is 5.30. The maximum atomic E-state index is 11.9. The van der Waals surface area contributed by atoms with Crippen LogP contribution in [0.1, 0.15) is 63.5 Å². The van der Waals surface area contributed by atoms with Crippen molar-refractivity contribution in [2.24, 2.45) is 0 Å². The SMILES string of the molecule is CCCC1(CCC)CCCc2c1cc([N+](=O)[O-])c(N(C)C)c2[N+](=O)[O-]. The molecule has 0 heterocycles. The van der Waals surface area contributed by atoms with E-state index in [4.69, 9.17) is 0 Å². The van der Waals surface area contributed by atoms with Gasteiger partial charge in [0.2, 0.25) is 0 Å². The summed E-state index contributed by atoms with van der Waals surface area (Å²) in [6, 6.07) is 1.63. The number of anilines is 1. The summed E-state index contributed by atoms with van der Waals surface area (Å²) in [6.45, 7) is 4.20. The molecule has 0 spiro atoms. The van der Waals surface area contributed by atoms with E-state index < -0.39 is 9.85 Å². The average Bonchev–Trinajstić information content (AvgIpc) is 2.53. The molecule has 0 unspecified atom stereocenters. The Morgan fingerprint density at radius 3 is 2.16 bits per heavy atom. The molecule has 0 atom stereocenters. The van der Waals surface area contributed by atoms with E-state index in [0.717, 1.165) is 44.1 Å². The van der Waals surface area contributed by atoms with Crippen molar-refractivity contribution >= 4 is 17.1 Å². The summed E-state index contributed by atoms with van der Waals surface area (Å²) < 4.78 is 0. The van der Waals surface area contributed by atoms with Crippen LogP contribution in [0.15, 0.2) is 6.07 Å². The topological polar surface area (TPSA) is 89.5 Å². The number of hydrogen-bond donors (Lipinski definition) is 0. The number of nitro groups is 2. The minimum absolute atomic E-state index is 0.0783. The van der Waals surface area contributed by atoms with E-state index in [1.54, 1.807) is 20.2 Å². The number of fused-ring (bicyclic) bond motifs is 1. The molecule has 0 saturated heterocycles. The van der Waals surface area contributed by atoms with Crippen LogP contribution in [-0.2, 0) is 11.8 Å². The maximum Gasteiger partial charge on any atom is 0.303 e. The number of nitrogens with zero attached hydrogens (tertiary/aromatic N) is 3. The quantitative estimate of drug-likeness (QED) is 0.524. The average molecular weight is 349 g/mol. The summed E-state index contributed by atoms with van der Waals surface area (Å²) in [6.07, 6.45) is 6.16. The summed E-state index contributed by atoms with van der Waals surface area (Å²) in [7, 11) is 3.24. The zero-order valence-electron chi connectivity index (χ0n) is 15.5. The molecule has 7 nitrogen and oxygen atoms in total. The van der Waals surface area contributed by atoms with Gasteiger partial charge >= 0.3 is 5.69 Å². The van der Waals surface area contributed by atoms with E-state index in [1.165, 1.54) is 4.90 Å². The molecule has 0 bridgehead atoms. The van der Waals surface area contributed by atoms with Crippen LogP contribution in [0, 0.1) is 20.2 Å². The molecule has 0 N–H and O–H groups in total. The minimum atomic E-state index is -0.486. The number of nitro benzene ring substituents is 2. The smallest absolute Gasteiger partial charge is 0.303 e. The van der Waals surface area contributed by atoms with E-state index in [-0.39, 0.29) is 22.5 Å². The van der Waals surface area contributed by atoms with E-state index >= 15 is 0 Å². The van der Waals surface area contributed by atoms with E-state index in [9.17, 15) is 20.2 Å². The molecule has 0 amide bonds. The minimum Gasteiger partial charge on any atom is -0.366 e. The van der Waals surface area contributed by atoms with E-state index in [0.29, 0.717) is 12.0 Å². The largest absolute Gasteiger partial charge is 0.366 e. The van der Waals surface area contributed by atoms with Crippen LogP contribution in [0.4, 0.5) is 17.1 Å². The summed E-state index contributed by atoms with van der Waals surface area (Å²) in [5.41, 5.74) is 1.23. The van der Waals surface area contributed by atoms with Gasteiger partial charge in [-0.25, -0.2) is 0 Å². The Morgan fingerprint density at radius 1 is 1.12 bits per heavy atom. The molecule has 25 heavy (non-hydrogen) atoms. The Hall–Kier alpha value is -2.18. The molecule has 0 saturated carbocycles. The van der Waals surface area contributed by atoms with Crippen molar-refractivity contribution in [3.05, 3.63) is 37.4 Å². The first-order chi connectivity index (χ1) is 11.8. The molecule has 1 aromatic rings. The number of benzene rings is 1. The van der Waals surface area contributed by atoms with Crippen LogP contribution in [0.5, 0.6) is 0 Å². The molecule has 0 radical (unpaired) electrons. The van der Waals surface area contributed by atoms with Crippen molar-refractivity contribution in [1.29, 1.82) is 0 Å². The first kappa shape index (κ1) is 19.1. The highest BCUT2D eigenvalue weighted by molar-refractivity contribution is 5.79. The van der Waals surface area contributed by atoms with Gasteiger partial charge in [-0.3, -0.25) is 20.2 Å². The standard InChI is InChI=1S/C18H27N3O4/c1-5-9-18(10-6-2)11-7-8-13-14(18)12-15(20(22)23)17(19(3)4)16(13)21(24)25/h12H,5-11H2,1-4H3. The van der Waals surface area contributed by atoms with Crippen molar-refractivity contribution in [2.45, 2.75) is 64.2 Å². The second kappa shape index (κ2) is 7.37. The molecular formula is C18H27N3O4. The summed E-state index contributed by atoms with van der Waals surface area (Å²) in [4.78, 5) is 24.1. The fraction of sp³-hybridized carbons (Fsp3) is 0.667. The Labute approximate surface area is 148 Å². The lowest BCUT2D eigenvalue weighted by Crippen LogP contribution is -2.32. The second-order valence-electron chi connectivity index (χ2n) is 7.16. The van der Waals surface area contributed by atoms with E-state index in [2.05, 4.69) is 13.8 Å². The van der Waals surface area contributed by atoms with Crippen molar-refractivity contribution < 1.29 is 9.85 Å². The Bertz CT molecular complexity index is 679. The summed E-state index contributed by atoms with van der Waals surface area (Å²) in [5.74, 6) is 0. The lowest BCUT2D eigenvalue weighted by Gasteiger charge is -2.39. The molecule has 1 aliphatic carbocycles. The number of hydrogen-bond acceptors (Lipinski definition) is 5. The van der Waals surface area contributed by atoms with Gasteiger partial charge in [-0.05, 0) is 43.1 Å². The molecule has 0 aliphatic heterocycles. The van der Waals surface area contributed by atoms with Gasteiger partial charge < -0.3 is 4.90 Å². The fourth-order valence-corrected chi connectivity index (χ4v) is 4.53. The van der Waals surface area contributed by atoms with Crippen LogP contribution in [0.25, 0.3) is 0 Å². The first-order valence-corrected chi connectivity index (χ1v) is 8.95. The zero-order chi connectivity index (χ0) is 18.8. The summed E-state index contributed by atoms with van der Waals surface area (Å²) in [5, 5.41) is 23.5. The van der Waals surface area contributed by atoms with Crippen molar-refractivity contribution in [2.75, 3.05) is 19.0 Å². The van der Waals surface area contributed by atoms with Gasteiger partial charge in [0.05, 0.1) is 9.85 Å². The van der Waals surface area contributed by atoms with Crippen LogP contribution in [0.3, 0.4) is 0 Å². The van der Waals surface area contributed by atoms with Crippen LogP contribution in [0.2, 0.25) is 0 Å². The first-order valence-electron chi connectivity index (χ1n) is 8.95. The molecule has 7 heteroatoms. The second-order valence-corrected chi connectivity index (χ2v) is 7.16. The third-order valence-corrected chi connectivity index (χ3v) is 5.30. The Balaban J connectivity index is 2.88. The molecule has 1 aliphatic rings. The lowest BCUT2D eigenvalue weighted by atomic mass is 9.64. The molecular weight excluding hydrogens is 322 g/mol. The van der Waals surface area contributed by atoms with Crippen molar-refractivity contribution in [3.8, 4) is 0 Å². The number of rotatable bonds is 7. The van der Waals surface area contributed by atoms with Gasteiger partial charge in [-0.15, -0.1) is 0 Å². The summed E-state index contributed by atoms with van der Waals surface area (Å²) >= 11 is 0. The van der Waals surface area contributed by atoms with Gasteiger partial charge in [0.1, 0.15) is 0 Å². The molecule has 138 valence electrons. The van der Waals surface area contributed by atoms with Gasteiger partial charge in [-0.2, -0.15) is 0 Å². The molecule has 0 aromatic heterocycles.